The zero-order valence-corrected chi connectivity index (χ0v) is 11.9. The molecule has 0 aliphatic heterocycles. The summed E-state index contributed by atoms with van der Waals surface area (Å²) in [6, 6.07) is 2.56. The topological polar surface area (TPSA) is 44.0 Å². The molecule has 2 fully saturated rings. The lowest BCUT2D eigenvalue weighted by Crippen LogP contribution is -2.56. The predicted octanol–water partition coefficient (Wildman–Crippen LogP) is 4.04. The van der Waals surface area contributed by atoms with Gasteiger partial charge in [0.25, 0.3) is 0 Å². The molecule has 0 radical (unpaired) electrons. The van der Waals surface area contributed by atoms with Crippen LogP contribution in [0.5, 0.6) is 0 Å². The Morgan fingerprint density at radius 3 is 2.22 bits per heavy atom. The van der Waals surface area contributed by atoms with E-state index in [-0.39, 0.29) is 0 Å². The zero-order valence-electron chi connectivity index (χ0n) is 11.9. The second-order valence-electron chi connectivity index (χ2n) is 6.78. The summed E-state index contributed by atoms with van der Waals surface area (Å²) in [5.74, 6) is 0.784. The maximum atomic E-state index is 11.4. The highest BCUT2D eigenvalue weighted by molar-refractivity contribution is 5.15. The van der Waals surface area contributed by atoms with E-state index in [9.17, 15) is 10.4 Å². The van der Waals surface area contributed by atoms with E-state index in [2.05, 4.69) is 19.9 Å². The van der Waals surface area contributed by atoms with Crippen molar-refractivity contribution in [2.75, 3.05) is 0 Å². The van der Waals surface area contributed by atoms with Gasteiger partial charge in [0, 0.05) is 0 Å². The third-order valence-corrected chi connectivity index (χ3v) is 5.49. The van der Waals surface area contributed by atoms with Gasteiger partial charge in [0.15, 0.2) is 0 Å². The summed E-state index contributed by atoms with van der Waals surface area (Å²) in [7, 11) is 0. The van der Waals surface area contributed by atoms with Crippen LogP contribution < -0.4 is 0 Å². The summed E-state index contributed by atoms with van der Waals surface area (Å²) < 4.78 is 0. The molecule has 2 saturated carbocycles. The minimum Gasteiger partial charge on any atom is -0.388 e. The molecule has 1 N–H and O–H groups in total. The quantitative estimate of drug-likeness (QED) is 0.802. The summed E-state index contributed by atoms with van der Waals surface area (Å²) in [5.41, 5.74) is -1.19. The average Bonchev–Trinajstić information content (AvgIpc) is 2.39. The first-order valence-electron chi connectivity index (χ1n) is 7.69. The molecular weight excluding hydrogens is 222 g/mol. The van der Waals surface area contributed by atoms with Gasteiger partial charge in [0.2, 0.25) is 0 Å². The number of aliphatic hydroxyl groups is 1. The molecule has 102 valence electrons. The lowest BCUT2D eigenvalue weighted by molar-refractivity contribution is -0.148. The molecule has 0 spiro atoms. The van der Waals surface area contributed by atoms with Gasteiger partial charge in [-0.2, -0.15) is 5.26 Å². The van der Waals surface area contributed by atoms with Gasteiger partial charge in [-0.15, -0.1) is 0 Å². The minimum absolute atomic E-state index is 0.309. The molecule has 2 atom stereocenters. The lowest BCUT2D eigenvalue weighted by atomic mass is 9.54. The van der Waals surface area contributed by atoms with Crippen LogP contribution in [0, 0.1) is 28.6 Å². The Hall–Kier alpha value is -0.550. The molecule has 0 heterocycles. The molecule has 2 rings (SSSR count). The van der Waals surface area contributed by atoms with Crippen molar-refractivity contribution in [2.45, 2.75) is 77.2 Å². The van der Waals surface area contributed by atoms with Crippen molar-refractivity contribution < 1.29 is 5.11 Å². The van der Waals surface area contributed by atoms with Gasteiger partial charge in [-0.25, -0.2) is 0 Å². The van der Waals surface area contributed by atoms with Gasteiger partial charge in [0.1, 0.15) is 0 Å². The van der Waals surface area contributed by atoms with Gasteiger partial charge >= 0.3 is 0 Å². The third-order valence-electron chi connectivity index (χ3n) is 5.49. The average molecular weight is 249 g/mol. The fraction of sp³-hybridized carbons (Fsp3) is 0.938. The van der Waals surface area contributed by atoms with Crippen LogP contribution in [0.3, 0.4) is 0 Å². The van der Waals surface area contributed by atoms with Crippen molar-refractivity contribution in [3.63, 3.8) is 0 Å². The normalized spacial score (nSPS) is 36.3. The van der Waals surface area contributed by atoms with Crippen LogP contribution in [-0.4, -0.2) is 10.7 Å². The fourth-order valence-electron chi connectivity index (χ4n) is 4.46. The van der Waals surface area contributed by atoms with E-state index in [1.807, 2.05) is 0 Å². The fourth-order valence-corrected chi connectivity index (χ4v) is 4.46. The smallest absolute Gasteiger partial charge is 0.0863 e. The molecule has 18 heavy (non-hydrogen) atoms. The van der Waals surface area contributed by atoms with E-state index in [0.717, 1.165) is 44.9 Å². The van der Waals surface area contributed by atoms with Gasteiger partial charge in [0.05, 0.1) is 17.1 Å². The molecular formula is C16H27NO. The van der Waals surface area contributed by atoms with Crippen LogP contribution in [0.25, 0.3) is 0 Å². The monoisotopic (exact) mass is 249 g/mol. The standard InChI is InChI=1S/C16H27NO/c1-13(2)14-8-4-7-11-16(14,18)15(12-17)9-5-3-6-10-15/h13-14,18H,3-11H2,1-2H3. The second-order valence-corrected chi connectivity index (χ2v) is 6.78. The van der Waals surface area contributed by atoms with Crippen molar-refractivity contribution in [2.24, 2.45) is 17.3 Å². The summed E-state index contributed by atoms with van der Waals surface area (Å²) in [4.78, 5) is 0. The zero-order chi connectivity index (χ0) is 13.2. The highest BCUT2D eigenvalue weighted by atomic mass is 16.3. The Labute approximate surface area is 111 Å². The maximum absolute atomic E-state index is 11.4. The Morgan fingerprint density at radius 2 is 1.67 bits per heavy atom. The molecule has 0 saturated heterocycles. The van der Waals surface area contributed by atoms with E-state index in [0.29, 0.717) is 11.8 Å². The van der Waals surface area contributed by atoms with Gasteiger partial charge in [-0.05, 0) is 37.5 Å². The van der Waals surface area contributed by atoms with Crippen LogP contribution >= 0.6 is 0 Å². The molecule has 0 aromatic carbocycles. The summed E-state index contributed by atoms with van der Waals surface area (Å²) in [5, 5.41) is 21.1. The van der Waals surface area contributed by atoms with Crippen LogP contribution in [-0.2, 0) is 0 Å². The van der Waals surface area contributed by atoms with Crippen molar-refractivity contribution in [1.29, 1.82) is 5.26 Å². The first kappa shape index (κ1) is 13.9. The van der Waals surface area contributed by atoms with Gasteiger partial charge in [-0.3, -0.25) is 0 Å². The Morgan fingerprint density at radius 1 is 1.06 bits per heavy atom. The second kappa shape index (κ2) is 5.21. The Balaban J connectivity index is 2.33. The van der Waals surface area contributed by atoms with Crippen molar-refractivity contribution >= 4 is 0 Å². The summed E-state index contributed by atoms with van der Waals surface area (Å²) in [6.45, 7) is 4.41. The van der Waals surface area contributed by atoms with Crippen LogP contribution in [0.15, 0.2) is 0 Å². The van der Waals surface area contributed by atoms with Gasteiger partial charge in [-0.1, -0.05) is 46.0 Å². The maximum Gasteiger partial charge on any atom is 0.0863 e. The molecule has 0 amide bonds. The highest BCUT2D eigenvalue weighted by Crippen LogP contribution is 2.54. The highest BCUT2D eigenvalue weighted by Gasteiger charge is 2.56. The lowest BCUT2D eigenvalue weighted by Gasteiger charge is -2.53. The molecule has 0 aromatic heterocycles. The Bertz CT molecular complexity index is 324. The van der Waals surface area contributed by atoms with E-state index in [1.54, 1.807) is 0 Å². The molecule has 2 unspecified atom stereocenters. The van der Waals surface area contributed by atoms with Crippen LogP contribution in [0.2, 0.25) is 0 Å². The number of hydrogen-bond acceptors (Lipinski definition) is 2. The molecule has 0 bridgehead atoms. The molecule has 2 aliphatic rings. The number of hydrogen-bond donors (Lipinski definition) is 1. The van der Waals surface area contributed by atoms with E-state index in [1.165, 1.54) is 12.8 Å². The van der Waals surface area contributed by atoms with Crippen molar-refractivity contribution in [3.05, 3.63) is 0 Å². The van der Waals surface area contributed by atoms with Crippen LogP contribution in [0.1, 0.15) is 71.6 Å². The first-order valence-corrected chi connectivity index (χ1v) is 7.69. The van der Waals surface area contributed by atoms with Crippen molar-refractivity contribution in [1.82, 2.24) is 0 Å². The van der Waals surface area contributed by atoms with E-state index >= 15 is 0 Å². The van der Waals surface area contributed by atoms with E-state index in [4.69, 9.17) is 0 Å². The summed E-state index contributed by atoms with van der Waals surface area (Å²) in [6.07, 6.45) is 9.50. The number of rotatable bonds is 2. The first-order chi connectivity index (χ1) is 8.56. The SMILES string of the molecule is CC(C)C1CCCCC1(O)C1(C#N)CCCCC1. The summed E-state index contributed by atoms with van der Waals surface area (Å²) >= 11 is 0. The number of nitriles is 1. The molecule has 2 heteroatoms. The van der Waals surface area contributed by atoms with E-state index < -0.39 is 11.0 Å². The largest absolute Gasteiger partial charge is 0.388 e. The van der Waals surface area contributed by atoms with Crippen LogP contribution in [0.4, 0.5) is 0 Å². The minimum atomic E-state index is -0.728. The number of nitrogens with zero attached hydrogens (tertiary/aromatic N) is 1. The van der Waals surface area contributed by atoms with Crippen molar-refractivity contribution in [3.8, 4) is 6.07 Å². The molecule has 0 aromatic rings. The third kappa shape index (κ3) is 2.07. The Kier molecular flexibility index (Phi) is 4.02. The van der Waals surface area contributed by atoms with Gasteiger partial charge < -0.3 is 5.11 Å². The predicted molar refractivity (Wildman–Crippen MR) is 72.9 cm³/mol. The molecule has 2 aliphatic carbocycles. The molecule has 2 nitrogen and oxygen atoms in total.